The highest BCUT2D eigenvalue weighted by Gasteiger charge is 2.26. The molecule has 1 aromatic heterocycles. The molecular weight excluding hydrogens is 226 g/mol. The molecule has 0 amide bonds. The molecule has 0 spiro atoms. The van der Waals surface area contributed by atoms with Crippen molar-refractivity contribution < 1.29 is 8.42 Å². The van der Waals surface area contributed by atoms with Gasteiger partial charge in [0.05, 0.1) is 4.90 Å². The quantitative estimate of drug-likeness (QED) is 0.721. The molecule has 0 saturated carbocycles. The van der Waals surface area contributed by atoms with Gasteiger partial charge in [-0.15, -0.1) is 0 Å². The fourth-order valence-corrected chi connectivity index (χ4v) is 3.28. The Bertz CT molecular complexity index is 427. The van der Waals surface area contributed by atoms with Gasteiger partial charge in [0.15, 0.2) is 0 Å². The number of hydrogen-bond acceptors (Lipinski definition) is 3. The average molecular weight is 243 g/mol. The number of hydrogen-bond donors (Lipinski definition) is 3. The maximum absolute atomic E-state index is 11.9. The summed E-state index contributed by atoms with van der Waals surface area (Å²) in [5, 5.41) is 3.27. The highest BCUT2D eigenvalue weighted by atomic mass is 32.2. The van der Waals surface area contributed by atoms with Crippen LogP contribution in [-0.4, -0.2) is 32.0 Å². The summed E-state index contributed by atoms with van der Waals surface area (Å²) in [5.41, 5.74) is 0. The van der Waals surface area contributed by atoms with Crippen molar-refractivity contribution in [1.82, 2.24) is 15.0 Å². The van der Waals surface area contributed by atoms with Crippen molar-refractivity contribution in [2.45, 2.75) is 36.7 Å². The van der Waals surface area contributed by atoms with Crippen LogP contribution in [0.1, 0.15) is 19.8 Å². The predicted octanol–water partition coefficient (Wildman–Crippen LogP) is 0.433. The molecule has 2 rings (SSSR count). The van der Waals surface area contributed by atoms with Crippen molar-refractivity contribution in [3.05, 3.63) is 18.5 Å². The van der Waals surface area contributed by atoms with Crippen molar-refractivity contribution >= 4 is 10.0 Å². The summed E-state index contributed by atoms with van der Waals surface area (Å²) in [6.45, 7) is 2.97. The molecule has 3 N–H and O–H groups in total. The molecule has 1 aromatic rings. The number of aromatic nitrogens is 1. The van der Waals surface area contributed by atoms with Crippen LogP contribution >= 0.6 is 0 Å². The standard InChI is InChI=1S/C10H17N3O2S/c1-8-10(3-2-5-12-8)13-16(14,15)9-4-6-11-7-9/h4,6-8,10-13H,2-3,5H2,1H3. The van der Waals surface area contributed by atoms with Crippen LogP contribution in [0.15, 0.2) is 23.4 Å². The van der Waals surface area contributed by atoms with Crippen LogP contribution in [0.3, 0.4) is 0 Å². The first-order valence-corrected chi connectivity index (χ1v) is 6.96. The number of rotatable bonds is 3. The molecule has 90 valence electrons. The Kier molecular flexibility index (Phi) is 3.32. The van der Waals surface area contributed by atoms with E-state index in [0.29, 0.717) is 4.90 Å². The number of aromatic amines is 1. The molecule has 16 heavy (non-hydrogen) atoms. The van der Waals surface area contributed by atoms with E-state index in [1.165, 1.54) is 6.20 Å². The molecule has 0 aromatic carbocycles. The molecule has 1 fully saturated rings. The lowest BCUT2D eigenvalue weighted by Gasteiger charge is -2.30. The van der Waals surface area contributed by atoms with Gasteiger partial charge in [0.1, 0.15) is 0 Å². The molecule has 5 nitrogen and oxygen atoms in total. The van der Waals surface area contributed by atoms with Crippen LogP contribution < -0.4 is 10.0 Å². The smallest absolute Gasteiger partial charge is 0.242 e. The zero-order valence-electron chi connectivity index (χ0n) is 9.23. The summed E-state index contributed by atoms with van der Waals surface area (Å²) in [6.07, 6.45) is 4.99. The van der Waals surface area contributed by atoms with Gasteiger partial charge in [-0.05, 0) is 32.4 Å². The lowest BCUT2D eigenvalue weighted by atomic mass is 10.0. The van der Waals surface area contributed by atoms with Gasteiger partial charge >= 0.3 is 0 Å². The van der Waals surface area contributed by atoms with E-state index >= 15 is 0 Å². The summed E-state index contributed by atoms with van der Waals surface area (Å²) in [4.78, 5) is 3.05. The minimum atomic E-state index is -3.37. The lowest BCUT2D eigenvalue weighted by Crippen LogP contribution is -2.51. The van der Waals surface area contributed by atoms with E-state index < -0.39 is 10.0 Å². The fraction of sp³-hybridized carbons (Fsp3) is 0.600. The van der Waals surface area contributed by atoms with Crippen LogP contribution in [-0.2, 0) is 10.0 Å². The summed E-state index contributed by atoms with van der Waals surface area (Å²) in [5.74, 6) is 0. The molecule has 2 heterocycles. The molecule has 0 bridgehead atoms. The normalized spacial score (nSPS) is 26.8. The van der Waals surface area contributed by atoms with E-state index in [9.17, 15) is 8.42 Å². The lowest BCUT2D eigenvalue weighted by molar-refractivity contribution is 0.349. The molecule has 2 unspecified atom stereocenters. The second-order valence-electron chi connectivity index (χ2n) is 4.16. The topological polar surface area (TPSA) is 74.0 Å². The number of nitrogens with one attached hydrogen (secondary N) is 3. The number of H-pyrrole nitrogens is 1. The SMILES string of the molecule is CC1NCCCC1NS(=O)(=O)c1cc[nH]c1. The van der Waals surface area contributed by atoms with Crippen LogP contribution in [0, 0.1) is 0 Å². The first-order valence-electron chi connectivity index (χ1n) is 5.48. The second kappa shape index (κ2) is 4.57. The minimum absolute atomic E-state index is 0.0198. The van der Waals surface area contributed by atoms with Gasteiger partial charge in [-0.3, -0.25) is 0 Å². The Balaban J connectivity index is 2.09. The predicted molar refractivity (Wildman–Crippen MR) is 61.6 cm³/mol. The fourth-order valence-electron chi connectivity index (χ4n) is 1.95. The van der Waals surface area contributed by atoms with Crippen LogP contribution in [0.5, 0.6) is 0 Å². The second-order valence-corrected chi connectivity index (χ2v) is 5.87. The average Bonchev–Trinajstić information content (AvgIpc) is 2.75. The van der Waals surface area contributed by atoms with E-state index in [0.717, 1.165) is 19.4 Å². The third-order valence-corrected chi connectivity index (χ3v) is 4.44. The Morgan fingerprint density at radius 1 is 1.50 bits per heavy atom. The van der Waals surface area contributed by atoms with Crippen LogP contribution in [0.2, 0.25) is 0 Å². The summed E-state index contributed by atoms with van der Waals surface area (Å²) in [6, 6.07) is 1.72. The third kappa shape index (κ3) is 2.45. The molecular formula is C10H17N3O2S. The van der Waals surface area contributed by atoms with Crippen LogP contribution in [0.25, 0.3) is 0 Å². The van der Waals surface area contributed by atoms with E-state index in [4.69, 9.17) is 0 Å². The molecule has 6 heteroatoms. The van der Waals surface area contributed by atoms with Crippen molar-refractivity contribution in [1.29, 1.82) is 0 Å². The monoisotopic (exact) mass is 243 g/mol. The Hall–Kier alpha value is -0.850. The Labute approximate surface area is 95.7 Å². The molecule has 2 atom stereocenters. The number of piperidine rings is 1. The van der Waals surface area contributed by atoms with Crippen molar-refractivity contribution in [3.63, 3.8) is 0 Å². The highest BCUT2D eigenvalue weighted by molar-refractivity contribution is 7.89. The Morgan fingerprint density at radius 3 is 2.94 bits per heavy atom. The molecule has 1 saturated heterocycles. The van der Waals surface area contributed by atoms with Crippen molar-refractivity contribution in [2.24, 2.45) is 0 Å². The van der Waals surface area contributed by atoms with Gasteiger partial charge in [0, 0.05) is 24.5 Å². The zero-order chi connectivity index (χ0) is 11.6. The Morgan fingerprint density at radius 2 is 2.31 bits per heavy atom. The largest absolute Gasteiger partial charge is 0.366 e. The molecule has 1 aliphatic heterocycles. The number of sulfonamides is 1. The minimum Gasteiger partial charge on any atom is -0.366 e. The van der Waals surface area contributed by atoms with Crippen LogP contribution in [0.4, 0.5) is 0 Å². The van der Waals surface area contributed by atoms with E-state index in [-0.39, 0.29) is 12.1 Å². The summed E-state index contributed by atoms with van der Waals surface area (Å²) >= 11 is 0. The first-order chi connectivity index (χ1) is 7.59. The summed E-state index contributed by atoms with van der Waals surface area (Å²) in [7, 11) is -3.37. The zero-order valence-corrected chi connectivity index (χ0v) is 10.0. The van der Waals surface area contributed by atoms with Gasteiger partial charge in [-0.2, -0.15) is 0 Å². The van der Waals surface area contributed by atoms with E-state index in [1.807, 2.05) is 6.92 Å². The maximum atomic E-state index is 11.9. The third-order valence-electron chi connectivity index (χ3n) is 2.95. The van der Waals surface area contributed by atoms with Crippen molar-refractivity contribution in [3.8, 4) is 0 Å². The van der Waals surface area contributed by atoms with Gasteiger partial charge < -0.3 is 10.3 Å². The molecule has 0 aliphatic carbocycles. The molecule has 1 aliphatic rings. The van der Waals surface area contributed by atoms with Gasteiger partial charge in [0.2, 0.25) is 10.0 Å². The molecule has 0 radical (unpaired) electrons. The van der Waals surface area contributed by atoms with E-state index in [1.54, 1.807) is 12.3 Å². The van der Waals surface area contributed by atoms with Gasteiger partial charge in [0.25, 0.3) is 0 Å². The summed E-state index contributed by atoms with van der Waals surface area (Å²) < 4.78 is 26.6. The van der Waals surface area contributed by atoms with E-state index in [2.05, 4.69) is 15.0 Å². The van der Waals surface area contributed by atoms with Gasteiger partial charge in [-0.25, -0.2) is 13.1 Å². The first kappa shape index (κ1) is 11.6. The van der Waals surface area contributed by atoms with Crippen molar-refractivity contribution in [2.75, 3.05) is 6.54 Å². The maximum Gasteiger partial charge on any atom is 0.242 e. The van der Waals surface area contributed by atoms with Gasteiger partial charge in [-0.1, -0.05) is 0 Å². The highest BCUT2D eigenvalue weighted by Crippen LogP contribution is 2.13.